The van der Waals surface area contributed by atoms with Gasteiger partial charge in [-0.2, -0.15) is 0 Å². The van der Waals surface area contributed by atoms with Crippen molar-refractivity contribution in [2.75, 3.05) is 37.6 Å². The smallest absolute Gasteiger partial charge is 0.132 e. The number of nitrogens with zero attached hydrogens (tertiary/aromatic N) is 4. The van der Waals surface area contributed by atoms with Crippen molar-refractivity contribution in [3.8, 4) is 0 Å². The first-order valence-electron chi connectivity index (χ1n) is 8.78. The van der Waals surface area contributed by atoms with Gasteiger partial charge in [0.15, 0.2) is 0 Å². The van der Waals surface area contributed by atoms with E-state index in [9.17, 15) is 0 Å². The lowest BCUT2D eigenvalue weighted by atomic mass is 10.2. The Morgan fingerprint density at radius 2 is 1.79 bits per heavy atom. The lowest BCUT2D eigenvalue weighted by molar-refractivity contribution is 0.283. The number of aromatic nitrogens is 2. The summed E-state index contributed by atoms with van der Waals surface area (Å²) >= 11 is 0. The van der Waals surface area contributed by atoms with Gasteiger partial charge in [0.25, 0.3) is 0 Å². The summed E-state index contributed by atoms with van der Waals surface area (Å²) < 4.78 is 0. The summed E-state index contributed by atoms with van der Waals surface area (Å²) in [5.41, 5.74) is 2.32. The lowest BCUT2D eigenvalue weighted by Gasteiger charge is -2.35. The zero-order valence-corrected chi connectivity index (χ0v) is 14.7. The maximum atomic E-state index is 4.68. The molecule has 0 atom stereocenters. The molecule has 4 heteroatoms. The highest BCUT2D eigenvalue weighted by Crippen LogP contribution is 2.15. The topological polar surface area (TPSA) is 32.3 Å². The fraction of sp³-hybridized carbons (Fsp3) is 0.400. The Morgan fingerprint density at radius 3 is 2.50 bits per heavy atom. The molecule has 0 N–H and O–H groups in total. The van der Waals surface area contributed by atoms with Crippen LogP contribution >= 0.6 is 0 Å². The first kappa shape index (κ1) is 16.7. The molecule has 0 bridgehead atoms. The molecule has 1 saturated heterocycles. The molecular formula is C20H26N4. The van der Waals surface area contributed by atoms with Crippen LogP contribution < -0.4 is 4.90 Å². The van der Waals surface area contributed by atoms with E-state index in [0.29, 0.717) is 0 Å². The molecule has 126 valence electrons. The van der Waals surface area contributed by atoms with E-state index in [1.54, 1.807) is 0 Å². The fourth-order valence-corrected chi connectivity index (χ4v) is 2.99. The van der Waals surface area contributed by atoms with Gasteiger partial charge in [-0.15, -0.1) is 0 Å². The van der Waals surface area contributed by atoms with Crippen molar-refractivity contribution in [2.45, 2.75) is 20.3 Å². The third kappa shape index (κ3) is 4.42. The van der Waals surface area contributed by atoms with Crippen LogP contribution in [-0.2, 0) is 6.42 Å². The molecule has 0 aliphatic carbocycles. The van der Waals surface area contributed by atoms with Crippen molar-refractivity contribution in [1.29, 1.82) is 0 Å². The molecule has 1 aliphatic rings. The van der Waals surface area contributed by atoms with Gasteiger partial charge in [0.2, 0.25) is 0 Å². The van der Waals surface area contributed by atoms with Gasteiger partial charge in [-0.25, -0.2) is 9.97 Å². The quantitative estimate of drug-likeness (QED) is 0.846. The summed E-state index contributed by atoms with van der Waals surface area (Å²) in [6, 6.07) is 12.6. The number of hydrogen-bond acceptors (Lipinski definition) is 4. The van der Waals surface area contributed by atoms with Gasteiger partial charge in [0.1, 0.15) is 11.6 Å². The van der Waals surface area contributed by atoms with Crippen LogP contribution in [0.4, 0.5) is 5.82 Å². The Balaban J connectivity index is 1.52. The van der Waals surface area contributed by atoms with E-state index in [4.69, 9.17) is 0 Å². The number of piperazine rings is 1. The molecule has 1 aromatic heterocycles. The summed E-state index contributed by atoms with van der Waals surface area (Å²) in [6.45, 7) is 9.36. The van der Waals surface area contributed by atoms with E-state index in [-0.39, 0.29) is 0 Å². The second kappa shape index (κ2) is 8.06. The molecule has 0 amide bonds. The standard InChI is InChI=1S/C20H26N4/c1-3-19-21-17(2)16-20(22-19)24-14-12-23(13-15-24)11-7-10-18-8-5-4-6-9-18/h4-10,16H,3,11-15H2,1-2H3/b10-7+. The average molecular weight is 322 g/mol. The number of benzene rings is 1. The molecule has 0 unspecified atom stereocenters. The van der Waals surface area contributed by atoms with E-state index < -0.39 is 0 Å². The third-order valence-corrected chi connectivity index (χ3v) is 4.37. The Bertz CT molecular complexity index is 673. The molecule has 0 spiro atoms. The normalized spacial score (nSPS) is 16.0. The van der Waals surface area contributed by atoms with Crippen LogP contribution in [0.3, 0.4) is 0 Å². The minimum Gasteiger partial charge on any atom is -0.354 e. The number of anilines is 1. The number of aryl methyl sites for hydroxylation is 2. The van der Waals surface area contributed by atoms with E-state index in [0.717, 1.165) is 56.5 Å². The van der Waals surface area contributed by atoms with Crippen LogP contribution in [0.25, 0.3) is 6.08 Å². The summed E-state index contributed by atoms with van der Waals surface area (Å²) in [6.07, 6.45) is 5.35. The molecule has 1 aromatic carbocycles. The largest absolute Gasteiger partial charge is 0.354 e. The van der Waals surface area contributed by atoms with Crippen LogP contribution in [0, 0.1) is 6.92 Å². The van der Waals surface area contributed by atoms with Crippen LogP contribution in [-0.4, -0.2) is 47.6 Å². The highest BCUT2D eigenvalue weighted by Gasteiger charge is 2.17. The third-order valence-electron chi connectivity index (χ3n) is 4.37. The van der Waals surface area contributed by atoms with Crippen LogP contribution in [0.2, 0.25) is 0 Å². The van der Waals surface area contributed by atoms with Gasteiger partial charge in [-0.1, -0.05) is 49.4 Å². The second-order valence-corrected chi connectivity index (χ2v) is 6.24. The minimum atomic E-state index is 0.888. The Labute approximate surface area is 144 Å². The molecule has 2 aromatic rings. The molecule has 3 rings (SSSR count). The van der Waals surface area contributed by atoms with Crippen molar-refractivity contribution in [2.24, 2.45) is 0 Å². The van der Waals surface area contributed by atoms with Crippen molar-refractivity contribution < 1.29 is 0 Å². The van der Waals surface area contributed by atoms with E-state index >= 15 is 0 Å². The Kier molecular flexibility index (Phi) is 5.59. The van der Waals surface area contributed by atoms with Gasteiger partial charge in [0.05, 0.1) is 0 Å². The Morgan fingerprint density at radius 1 is 1.04 bits per heavy atom. The molecule has 1 fully saturated rings. The van der Waals surface area contributed by atoms with E-state index in [1.165, 1.54) is 5.56 Å². The monoisotopic (exact) mass is 322 g/mol. The highest BCUT2D eigenvalue weighted by atomic mass is 15.3. The fourth-order valence-electron chi connectivity index (χ4n) is 2.99. The maximum absolute atomic E-state index is 4.68. The van der Waals surface area contributed by atoms with Gasteiger partial charge in [-0.3, -0.25) is 4.90 Å². The van der Waals surface area contributed by atoms with Gasteiger partial charge in [0, 0.05) is 50.9 Å². The second-order valence-electron chi connectivity index (χ2n) is 6.24. The molecule has 0 radical (unpaired) electrons. The molecular weight excluding hydrogens is 296 g/mol. The van der Waals surface area contributed by atoms with Gasteiger partial charge >= 0.3 is 0 Å². The molecule has 24 heavy (non-hydrogen) atoms. The summed E-state index contributed by atoms with van der Waals surface area (Å²) in [4.78, 5) is 14.0. The van der Waals surface area contributed by atoms with Crippen molar-refractivity contribution in [3.63, 3.8) is 0 Å². The zero-order chi connectivity index (χ0) is 16.8. The van der Waals surface area contributed by atoms with Crippen molar-refractivity contribution in [1.82, 2.24) is 14.9 Å². The average Bonchev–Trinajstić information content (AvgIpc) is 2.62. The summed E-state index contributed by atoms with van der Waals surface area (Å²) in [7, 11) is 0. The minimum absolute atomic E-state index is 0.888. The summed E-state index contributed by atoms with van der Waals surface area (Å²) in [5.74, 6) is 2.03. The predicted octanol–water partition coefficient (Wildman–Crippen LogP) is 3.18. The van der Waals surface area contributed by atoms with Gasteiger partial charge in [-0.05, 0) is 12.5 Å². The van der Waals surface area contributed by atoms with E-state index in [1.807, 2.05) is 0 Å². The van der Waals surface area contributed by atoms with Crippen molar-refractivity contribution >= 4 is 11.9 Å². The van der Waals surface area contributed by atoms with E-state index in [2.05, 4.69) is 82.2 Å². The SMILES string of the molecule is CCc1nc(C)cc(N2CCN(C/C=C/c3ccccc3)CC2)n1. The Hall–Kier alpha value is -2.20. The van der Waals surface area contributed by atoms with Crippen LogP contribution in [0.15, 0.2) is 42.5 Å². The first-order chi connectivity index (χ1) is 11.7. The molecule has 2 heterocycles. The first-order valence-corrected chi connectivity index (χ1v) is 8.78. The van der Waals surface area contributed by atoms with Crippen LogP contribution in [0.5, 0.6) is 0 Å². The molecule has 4 nitrogen and oxygen atoms in total. The van der Waals surface area contributed by atoms with Crippen molar-refractivity contribution in [3.05, 3.63) is 59.6 Å². The predicted molar refractivity (Wildman–Crippen MR) is 100 cm³/mol. The zero-order valence-electron chi connectivity index (χ0n) is 14.7. The summed E-state index contributed by atoms with van der Waals surface area (Å²) in [5, 5.41) is 0. The highest BCUT2D eigenvalue weighted by molar-refractivity contribution is 5.48. The lowest BCUT2D eigenvalue weighted by Crippen LogP contribution is -2.46. The maximum Gasteiger partial charge on any atom is 0.132 e. The number of hydrogen-bond donors (Lipinski definition) is 0. The number of rotatable bonds is 5. The molecule has 1 aliphatic heterocycles. The molecule has 0 saturated carbocycles. The van der Waals surface area contributed by atoms with Gasteiger partial charge < -0.3 is 4.90 Å². The van der Waals surface area contributed by atoms with Crippen LogP contribution in [0.1, 0.15) is 24.0 Å².